The third-order valence-corrected chi connectivity index (χ3v) is 6.30. The van der Waals surface area contributed by atoms with Gasteiger partial charge < -0.3 is 15.2 Å². The summed E-state index contributed by atoms with van der Waals surface area (Å²) in [5.41, 5.74) is 0.360. The minimum atomic E-state index is -0.496. The zero-order valence-electron chi connectivity index (χ0n) is 19.0. The van der Waals surface area contributed by atoms with Gasteiger partial charge in [-0.2, -0.15) is 10.1 Å². The predicted octanol–water partition coefficient (Wildman–Crippen LogP) is 3.09. The molecule has 3 N–H and O–H groups in total. The van der Waals surface area contributed by atoms with E-state index in [4.69, 9.17) is 4.52 Å². The van der Waals surface area contributed by atoms with E-state index in [2.05, 4.69) is 31.0 Å². The van der Waals surface area contributed by atoms with Crippen LogP contribution in [0.25, 0.3) is 22.2 Å². The van der Waals surface area contributed by atoms with Crippen molar-refractivity contribution in [3.63, 3.8) is 0 Å². The number of nitrogens with zero attached hydrogens (tertiary/aromatic N) is 3. The van der Waals surface area contributed by atoms with Crippen LogP contribution in [0.4, 0.5) is 10.2 Å². The second kappa shape index (κ2) is 10.1. The number of aromatic amines is 1. The molecule has 2 unspecified atom stereocenters. The Balaban J connectivity index is 1.33. The first kappa shape index (κ1) is 22.9. The molecule has 35 heavy (non-hydrogen) atoms. The van der Waals surface area contributed by atoms with Gasteiger partial charge in [0, 0.05) is 30.3 Å². The quantitative estimate of drug-likeness (QED) is 0.354. The van der Waals surface area contributed by atoms with Gasteiger partial charge in [0.2, 0.25) is 11.7 Å². The van der Waals surface area contributed by atoms with Crippen molar-refractivity contribution >= 4 is 22.4 Å². The SMILES string of the molecule is O=C(CCc1nc(-c2ccc(F)cc2)no1)C(Nc1n[nH]c(=O)c2ccccc12)C1CCCNC1. The van der Waals surface area contributed by atoms with E-state index in [0.29, 0.717) is 40.4 Å². The van der Waals surface area contributed by atoms with Crippen molar-refractivity contribution in [2.75, 3.05) is 18.4 Å². The minimum Gasteiger partial charge on any atom is -0.358 e. The van der Waals surface area contributed by atoms with Crippen molar-refractivity contribution in [1.29, 1.82) is 0 Å². The van der Waals surface area contributed by atoms with Crippen LogP contribution < -0.4 is 16.2 Å². The number of hydrogen-bond acceptors (Lipinski definition) is 8. The zero-order chi connectivity index (χ0) is 24.2. The van der Waals surface area contributed by atoms with E-state index in [0.717, 1.165) is 19.4 Å². The smallest absolute Gasteiger partial charge is 0.272 e. The molecule has 0 bridgehead atoms. The summed E-state index contributed by atoms with van der Waals surface area (Å²) in [6, 6.07) is 12.5. The molecule has 2 atom stereocenters. The van der Waals surface area contributed by atoms with Crippen LogP contribution in [0.2, 0.25) is 0 Å². The Morgan fingerprint density at radius 1 is 1.17 bits per heavy atom. The lowest BCUT2D eigenvalue weighted by Gasteiger charge is -2.31. The molecule has 0 spiro atoms. The highest BCUT2D eigenvalue weighted by Gasteiger charge is 2.30. The van der Waals surface area contributed by atoms with E-state index in [-0.39, 0.29) is 35.9 Å². The van der Waals surface area contributed by atoms with Gasteiger partial charge in [-0.3, -0.25) is 9.59 Å². The summed E-state index contributed by atoms with van der Waals surface area (Å²) in [4.78, 5) is 29.9. The molecule has 180 valence electrons. The molecule has 4 aromatic rings. The van der Waals surface area contributed by atoms with E-state index >= 15 is 0 Å². The first-order chi connectivity index (χ1) is 17.1. The largest absolute Gasteiger partial charge is 0.358 e. The van der Waals surface area contributed by atoms with E-state index in [1.165, 1.54) is 12.1 Å². The van der Waals surface area contributed by atoms with E-state index in [1.807, 2.05) is 12.1 Å². The van der Waals surface area contributed by atoms with Crippen LogP contribution in [0.5, 0.6) is 0 Å². The Kier molecular flexibility index (Phi) is 6.62. The average Bonchev–Trinajstić information content (AvgIpc) is 3.37. The highest BCUT2D eigenvalue weighted by Crippen LogP contribution is 2.24. The van der Waals surface area contributed by atoms with Gasteiger partial charge in [-0.15, -0.1) is 0 Å². The van der Waals surface area contributed by atoms with Crippen molar-refractivity contribution in [2.45, 2.75) is 31.7 Å². The van der Waals surface area contributed by atoms with Crippen molar-refractivity contribution in [3.8, 4) is 11.4 Å². The maximum Gasteiger partial charge on any atom is 0.272 e. The number of aryl methyl sites for hydroxylation is 1. The Morgan fingerprint density at radius 2 is 1.97 bits per heavy atom. The van der Waals surface area contributed by atoms with Crippen LogP contribution in [0.15, 0.2) is 57.8 Å². The lowest BCUT2D eigenvalue weighted by molar-refractivity contribution is -0.121. The van der Waals surface area contributed by atoms with E-state index < -0.39 is 6.04 Å². The highest BCUT2D eigenvalue weighted by atomic mass is 19.1. The first-order valence-corrected chi connectivity index (χ1v) is 11.6. The monoisotopic (exact) mass is 476 g/mol. The molecular formula is C25H25FN6O3. The predicted molar refractivity (Wildman–Crippen MR) is 128 cm³/mol. The van der Waals surface area contributed by atoms with Gasteiger partial charge in [0.25, 0.3) is 5.56 Å². The molecular weight excluding hydrogens is 451 g/mol. The fraction of sp³-hybridized carbons (Fsp3) is 0.320. The Morgan fingerprint density at radius 3 is 2.74 bits per heavy atom. The Bertz CT molecular complexity index is 1380. The third-order valence-electron chi connectivity index (χ3n) is 6.30. The summed E-state index contributed by atoms with van der Waals surface area (Å²) in [6.45, 7) is 1.63. The molecule has 0 aliphatic carbocycles. The van der Waals surface area contributed by atoms with E-state index in [9.17, 15) is 14.0 Å². The minimum absolute atomic E-state index is 0.00249. The second-order valence-corrected chi connectivity index (χ2v) is 8.66. The number of fused-ring (bicyclic) bond motifs is 1. The topological polar surface area (TPSA) is 126 Å². The fourth-order valence-electron chi connectivity index (χ4n) is 4.45. The van der Waals surface area contributed by atoms with Crippen molar-refractivity contribution < 1.29 is 13.7 Å². The maximum atomic E-state index is 13.4. The third kappa shape index (κ3) is 5.12. The summed E-state index contributed by atoms with van der Waals surface area (Å²) in [7, 11) is 0. The number of anilines is 1. The molecule has 0 amide bonds. The number of piperidine rings is 1. The van der Waals surface area contributed by atoms with Crippen LogP contribution >= 0.6 is 0 Å². The molecule has 9 nitrogen and oxygen atoms in total. The molecule has 2 aromatic carbocycles. The van der Waals surface area contributed by atoms with Crippen LogP contribution in [0.1, 0.15) is 25.2 Å². The number of rotatable bonds is 8. The standard InChI is InChI=1S/C25H25FN6O3/c26-17-9-7-15(8-10-17)23-28-21(35-32-23)12-11-20(33)22(16-4-3-13-27-14-16)29-24-18-5-1-2-6-19(18)25(34)31-30-24/h1-2,5-10,16,22,27H,3-4,11-14H2,(H,29,30)(H,31,34). The van der Waals surface area contributed by atoms with Gasteiger partial charge in [-0.25, -0.2) is 9.49 Å². The molecule has 1 aliphatic heterocycles. The Hall–Kier alpha value is -3.92. The van der Waals surface area contributed by atoms with Gasteiger partial charge in [0.05, 0.1) is 11.4 Å². The van der Waals surface area contributed by atoms with Gasteiger partial charge in [-0.05, 0) is 55.6 Å². The molecule has 1 saturated heterocycles. The number of Topliss-reactive ketones (excluding diaryl/α,β-unsaturated/α-hetero) is 1. The molecule has 3 heterocycles. The van der Waals surface area contributed by atoms with Crippen LogP contribution in [0, 0.1) is 11.7 Å². The van der Waals surface area contributed by atoms with Crippen molar-refractivity contribution in [2.24, 2.45) is 5.92 Å². The zero-order valence-corrected chi connectivity index (χ0v) is 19.0. The number of benzene rings is 2. The number of carbonyl (C=O) groups is 1. The van der Waals surface area contributed by atoms with Crippen LogP contribution in [-0.4, -0.2) is 45.3 Å². The number of hydrogen-bond donors (Lipinski definition) is 3. The Labute approximate surface area is 200 Å². The average molecular weight is 477 g/mol. The van der Waals surface area contributed by atoms with E-state index in [1.54, 1.807) is 24.3 Å². The summed E-state index contributed by atoms with van der Waals surface area (Å²) in [5.74, 6) is 0.885. The molecule has 2 aromatic heterocycles. The van der Waals surface area contributed by atoms with Gasteiger partial charge in [0.1, 0.15) is 5.82 Å². The normalized spacial score (nSPS) is 16.8. The number of nitrogens with one attached hydrogen (secondary N) is 3. The second-order valence-electron chi connectivity index (χ2n) is 8.66. The molecule has 1 aliphatic rings. The summed E-state index contributed by atoms with van der Waals surface area (Å²) >= 11 is 0. The van der Waals surface area contributed by atoms with Gasteiger partial charge in [0.15, 0.2) is 11.6 Å². The number of halogens is 1. The lowest BCUT2D eigenvalue weighted by Crippen LogP contribution is -2.45. The van der Waals surface area contributed by atoms with Gasteiger partial charge in [-0.1, -0.05) is 23.4 Å². The molecule has 10 heteroatoms. The first-order valence-electron chi connectivity index (χ1n) is 11.6. The highest BCUT2D eigenvalue weighted by molar-refractivity contribution is 5.94. The molecule has 0 radical (unpaired) electrons. The fourth-order valence-corrected chi connectivity index (χ4v) is 4.45. The van der Waals surface area contributed by atoms with Crippen LogP contribution in [-0.2, 0) is 11.2 Å². The number of carbonyl (C=O) groups excluding carboxylic acids is 1. The molecule has 1 fully saturated rings. The summed E-state index contributed by atoms with van der Waals surface area (Å²) < 4.78 is 18.5. The van der Waals surface area contributed by atoms with Crippen molar-refractivity contribution in [3.05, 3.63) is 70.6 Å². The van der Waals surface area contributed by atoms with Gasteiger partial charge >= 0.3 is 0 Å². The maximum absolute atomic E-state index is 13.4. The summed E-state index contributed by atoms with van der Waals surface area (Å²) in [5, 5.41) is 18.5. The van der Waals surface area contributed by atoms with Crippen molar-refractivity contribution in [1.82, 2.24) is 25.7 Å². The molecule has 0 saturated carbocycles. The number of H-pyrrole nitrogens is 1. The number of aromatic nitrogens is 4. The molecule has 5 rings (SSSR count). The lowest BCUT2D eigenvalue weighted by atomic mass is 9.87. The van der Waals surface area contributed by atoms with Crippen LogP contribution in [0.3, 0.4) is 0 Å². The number of ketones is 1. The summed E-state index contributed by atoms with van der Waals surface area (Å²) in [6.07, 6.45) is 2.35.